The highest BCUT2D eigenvalue weighted by Crippen LogP contribution is 1.92. The summed E-state index contributed by atoms with van der Waals surface area (Å²) >= 11 is 0. The van der Waals surface area contributed by atoms with Crippen molar-refractivity contribution < 1.29 is 4.79 Å². The third-order valence-corrected chi connectivity index (χ3v) is 1.81. The Labute approximate surface area is 100 Å². The van der Waals surface area contributed by atoms with Crippen molar-refractivity contribution in [3.05, 3.63) is 25.1 Å². The number of nitrogens with zero attached hydrogens (tertiary/aromatic N) is 1. The van der Waals surface area contributed by atoms with E-state index in [-0.39, 0.29) is 5.91 Å². The number of rotatable bonds is 7. The third kappa shape index (κ3) is 10.8. The van der Waals surface area contributed by atoms with Crippen LogP contribution in [0.3, 0.4) is 0 Å². The minimum Gasteiger partial charge on any atom is -0.356 e. The number of carbonyl (C=O) groups is 1. The minimum absolute atomic E-state index is 0.112. The van der Waals surface area contributed by atoms with E-state index < -0.39 is 0 Å². The van der Waals surface area contributed by atoms with Crippen LogP contribution in [0.4, 0.5) is 0 Å². The Morgan fingerprint density at radius 1 is 1.44 bits per heavy atom. The molecule has 0 aromatic carbocycles. The van der Waals surface area contributed by atoms with Crippen LogP contribution in [0.5, 0.6) is 0 Å². The molecule has 1 N–H and O–H groups in total. The summed E-state index contributed by atoms with van der Waals surface area (Å²) in [6.45, 7) is 13.1. The van der Waals surface area contributed by atoms with Crippen LogP contribution >= 0.6 is 0 Å². The van der Waals surface area contributed by atoms with E-state index in [1.54, 1.807) is 6.20 Å². The largest absolute Gasteiger partial charge is 0.356 e. The Bertz CT molecular complexity index is 200. The monoisotopic (exact) mass is 226 g/mol. The summed E-state index contributed by atoms with van der Waals surface area (Å²) in [6, 6.07) is 0. The van der Waals surface area contributed by atoms with Crippen LogP contribution in [0.2, 0.25) is 0 Å². The molecule has 0 aliphatic heterocycles. The van der Waals surface area contributed by atoms with Gasteiger partial charge in [-0.1, -0.05) is 33.4 Å². The van der Waals surface area contributed by atoms with Gasteiger partial charge in [-0.15, -0.1) is 0 Å². The number of hydrogen-bond donors (Lipinski definition) is 1. The maximum Gasteiger partial charge on any atom is 0.219 e. The van der Waals surface area contributed by atoms with Gasteiger partial charge in [-0.25, -0.2) is 0 Å². The molecule has 0 saturated heterocycles. The predicted molar refractivity (Wildman–Crippen MR) is 71.0 cm³/mol. The smallest absolute Gasteiger partial charge is 0.219 e. The van der Waals surface area contributed by atoms with E-state index in [4.69, 9.17) is 0 Å². The highest BCUT2D eigenvalue weighted by molar-refractivity contribution is 5.75. The first-order chi connectivity index (χ1) is 7.74. The van der Waals surface area contributed by atoms with Gasteiger partial charge in [0, 0.05) is 19.5 Å². The Kier molecular flexibility index (Phi) is 14.7. The van der Waals surface area contributed by atoms with E-state index in [0.717, 1.165) is 19.5 Å². The van der Waals surface area contributed by atoms with Crippen LogP contribution in [0, 0.1) is 0 Å². The zero-order valence-corrected chi connectivity index (χ0v) is 11.1. The average Bonchev–Trinajstić information content (AvgIpc) is 2.35. The van der Waals surface area contributed by atoms with E-state index in [2.05, 4.69) is 11.9 Å². The van der Waals surface area contributed by atoms with Crippen LogP contribution in [0.25, 0.3) is 0 Å². The summed E-state index contributed by atoms with van der Waals surface area (Å²) in [5.74, 6) is 0.112. The van der Waals surface area contributed by atoms with Gasteiger partial charge in [-0.2, -0.15) is 0 Å². The van der Waals surface area contributed by atoms with Gasteiger partial charge in [0.1, 0.15) is 0 Å². The van der Waals surface area contributed by atoms with Crippen LogP contribution in [-0.4, -0.2) is 23.9 Å². The van der Waals surface area contributed by atoms with Crippen molar-refractivity contribution in [3.8, 4) is 0 Å². The summed E-state index contributed by atoms with van der Waals surface area (Å²) in [5, 5.41) is 2.83. The van der Waals surface area contributed by atoms with E-state index in [9.17, 15) is 4.79 Å². The first kappa shape index (κ1) is 17.2. The minimum atomic E-state index is 0.112. The standard InChI is InChI=1S/C11H20N2O.C2H6/c1-4-9-13(6-3)10-7-8-12-11(14)5-2;1-2/h4,6,9H,3,5,7-8,10H2,1-2H3,(H,12,14);1-2H3/b9-4-;. The second-order valence-electron chi connectivity index (χ2n) is 2.96. The maximum atomic E-state index is 10.9. The zero-order valence-electron chi connectivity index (χ0n) is 11.1. The molecule has 0 saturated carbocycles. The summed E-state index contributed by atoms with van der Waals surface area (Å²) < 4.78 is 0. The van der Waals surface area contributed by atoms with E-state index >= 15 is 0 Å². The Morgan fingerprint density at radius 3 is 2.50 bits per heavy atom. The maximum absolute atomic E-state index is 10.9. The van der Waals surface area contributed by atoms with Crippen molar-refractivity contribution in [1.82, 2.24) is 10.2 Å². The summed E-state index contributed by atoms with van der Waals surface area (Å²) in [4.78, 5) is 12.9. The lowest BCUT2D eigenvalue weighted by molar-refractivity contribution is -0.120. The van der Waals surface area contributed by atoms with Crippen molar-refractivity contribution in [2.24, 2.45) is 0 Å². The average molecular weight is 226 g/mol. The summed E-state index contributed by atoms with van der Waals surface area (Å²) in [7, 11) is 0. The van der Waals surface area contributed by atoms with Crippen molar-refractivity contribution in [2.45, 2.75) is 40.5 Å². The van der Waals surface area contributed by atoms with Gasteiger partial charge in [0.25, 0.3) is 0 Å². The molecule has 0 radical (unpaired) electrons. The van der Waals surface area contributed by atoms with Crippen molar-refractivity contribution >= 4 is 5.91 Å². The summed E-state index contributed by atoms with van der Waals surface area (Å²) in [5.41, 5.74) is 0. The summed E-state index contributed by atoms with van der Waals surface area (Å²) in [6.07, 6.45) is 7.20. The zero-order chi connectivity index (χ0) is 12.8. The van der Waals surface area contributed by atoms with E-state index in [1.165, 1.54) is 0 Å². The van der Waals surface area contributed by atoms with Gasteiger partial charge in [-0.3, -0.25) is 4.79 Å². The van der Waals surface area contributed by atoms with Gasteiger partial charge in [0.15, 0.2) is 0 Å². The highest BCUT2D eigenvalue weighted by atomic mass is 16.1. The molecule has 94 valence electrons. The quantitative estimate of drug-likeness (QED) is 0.677. The molecule has 0 bridgehead atoms. The molecule has 0 spiro atoms. The van der Waals surface area contributed by atoms with Crippen molar-refractivity contribution in [3.63, 3.8) is 0 Å². The van der Waals surface area contributed by atoms with Crippen LogP contribution in [0.15, 0.2) is 25.1 Å². The molecule has 0 atom stereocenters. The number of amides is 1. The van der Waals surface area contributed by atoms with Gasteiger partial charge < -0.3 is 10.2 Å². The topological polar surface area (TPSA) is 32.3 Å². The molecule has 0 aliphatic rings. The first-order valence-corrected chi connectivity index (χ1v) is 6.02. The molecule has 3 nitrogen and oxygen atoms in total. The molecule has 3 heteroatoms. The van der Waals surface area contributed by atoms with Gasteiger partial charge >= 0.3 is 0 Å². The molecule has 0 aromatic heterocycles. The molecule has 0 rings (SSSR count). The fourth-order valence-corrected chi connectivity index (χ4v) is 1.03. The first-order valence-electron chi connectivity index (χ1n) is 6.02. The Hall–Kier alpha value is -1.25. The fraction of sp³-hybridized carbons (Fsp3) is 0.615. The Morgan fingerprint density at radius 2 is 2.06 bits per heavy atom. The molecular weight excluding hydrogens is 200 g/mol. The lowest BCUT2D eigenvalue weighted by atomic mass is 10.3. The molecule has 0 heterocycles. The molecule has 1 amide bonds. The van der Waals surface area contributed by atoms with Gasteiger partial charge in [0.05, 0.1) is 0 Å². The lowest BCUT2D eigenvalue weighted by Gasteiger charge is -2.14. The van der Waals surface area contributed by atoms with Crippen molar-refractivity contribution in [2.75, 3.05) is 13.1 Å². The third-order valence-electron chi connectivity index (χ3n) is 1.81. The highest BCUT2D eigenvalue weighted by Gasteiger charge is 1.96. The second kappa shape index (κ2) is 13.8. The molecular formula is C13H26N2O. The SMILES string of the molecule is C=CN(/C=C\C)CCCNC(=O)CC.CC. The number of hydrogen-bond acceptors (Lipinski definition) is 2. The van der Waals surface area contributed by atoms with E-state index in [1.807, 2.05) is 44.9 Å². The predicted octanol–water partition coefficient (Wildman–Crippen LogP) is 2.91. The van der Waals surface area contributed by atoms with Gasteiger partial charge in [-0.05, 0) is 25.7 Å². The molecule has 16 heavy (non-hydrogen) atoms. The normalized spacial score (nSPS) is 9.25. The molecule has 0 fully saturated rings. The van der Waals surface area contributed by atoms with Crippen LogP contribution in [0.1, 0.15) is 40.5 Å². The van der Waals surface area contributed by atoms with Crippen LogP contribution in [-0.2, 0) is 4.79 Å². The van der Waals surface area contributed by atoms with E-state index in [0.29, 0.717) is 6.42 Å². The van der Waals surface area contributed by atoms with Crippen LogP contribution < -0.4 is 5.32 Å². The Balaban J connectivity index is 0. The van der Waals surface area contributed by atoms with Crippen molar-refractivity contribution in [1.29, 1.82) is 0 Å². The molecule has 0 aromatic rings. The number of allylic oxidation sites excluding steroid dienone is 1. The molecule has 0 unspecified atom stereocenters. The molecule has 0 aliphatic carbocycles. The second-order valence-corrected chi connectivity index (χ2v) is 2.96. The number of carbonyl (C=O) groups excluding carboxylic acids is 1. The number of nitrogens with one attached hydrogen (secondary N) is 1. The lowest BCUT2D eigenvalue weighted by Crippen LogP contribution is -2.25. The van der Waals surface area contributed by atoms with Gasteiger partial charge in [0.2, 0.25) is 5.91 Å². The fourth-order valence-electron chi connectivity index (χ4n) is 1.03.